The average Bonchev–Trinajstić information content (AvgIpc) is 3.03. The van der Waals surface area contributed by atoms with Crippen molar-refractivity contribution in [3.63, 3.8) is 0 Å². The molecule has 0 aliphatic carbocycles. The van der Waals surface area contributed by atoms with Gasteiger partial charge in [0.05, 0.1) is 6.61 Å². The molecule has 0 saturated heterocycles. The summed E-state index contributed by atoms with van der Waals surface area (Å²) in [6, 6.07) is 13.5. The molecule has 26 heavy (non-hydrogen) atoms. The van der Waals surface area contributed by atoms with Crippen LogP contribution in [0.5, 0.6) is 0 Å². The first-order valence-electron chi connectivity index (χ1n) is 8.17. The van der Waals surface area contributed by atoms with Crippen LogP contribution in [0.4, 0.5) is 10.1 Å². The third-order valence-electron chi connectivity index (χ3n) is 3.68. The highest BCUT2D eigenvalue weighted by molar-refractivity contribution is 5.91. The van der Waals surface area contributed by atoms with Gasteiger partial charge in [0.15, 0.2) is 5.76 Å². The van der Waals surface area contributed by atoms with E-state index in [1.165, 1.54) is 12.1 Å². The van der Waals surface area contributed by atoms with Crippen LogP contribution in [0.2, 0.25) is 0 Å². The molecule has 1 heterocycles. The first-order chi connectivity index (χ1) is 12.5. The molecule has 1 aromatic heterocycles. The third-order valence-corrected chi connectivity index (χ3v) is 3.68. The molecule has 1 N–H and O–H groups in total. The number of hydrogen-bond acceptors (Lipinski definition) is 4. The molecule has 2 aromatic carbocycles. The van der Waals surface area contributed by atoms with Crippen molar-refractivity contribution < 1.29 is 18.4 Å². The lowest BCUT2D eigenvalue weighted by Gasteiger charge is -2.07. The molecule has 5 nitrogen and oxygen atoms in total. The number of amides is 1. The maximum Gasteiger partial charge on any atom is 0.250 e. The molecule has 0 fully saturated rings. The number of aromatic nitrogens is 1. The second-order valence-corrected chi connectivity index (χ2v) is 6.11. The van der Waals surface area contributed by atoms with E-state index in [4.69, 9.17) is 9.26 Å². The Hall–Kier alpha value is -2.99. The lowest BCUT2D eigenvalue weighted by molar-refractivity contribution is -0.121. The molecule has 0 unspecified atom stereocenters. The fourth-order valence-corrected chi connectivity index (χ4v) is 2.62. The van der Waals surface area contributed by atoms with Gasteiger partial charge in [-0.15, -0.1) is 0 Å². The van der Waals surface area contributed by atoms with E-state index in [-0.39, 0.29) is 24.9 Å². The number of halogens is 1. The molecule has 0 spiro atoms. The minimum absolute atomic E-state index is 0.0915. The van der Waals surface area contributed by atoms with Gasteiger partial charge in [-0.2, -0.15) is 0 Å². The molecule has 0 saturated carbocycles. The van der Waals surface area contributed by atoms with Gasteiger partial charge in [0.1, 0.15) is 18.1 Å². The second-order valence-electron chi connectivity index (χ2n) is 6.11. The zero-order chi connectivity index (χ0) is 18.5. The topological polar surface area (TPSA) is 64.4 Å². The highest BCUT2D eigenvalue weighted by atomic mass is 19.1. The summed E-state index contributed by atoms with van der Waals surface area (Å²) in [6.07, 6.45) is 0. The number of nitrogens with one attached hydrogen (secondary N) is 1. The van der Waals surface area contributed by atoms with Crippen LogP contribution in [-0.2, 0) is 16.1 Å². The van der Waals surface area contributed by atoms with Crippen molar-refractivity contribution in [1.29, 1.82) is 0 Å². The first-order valence-corrected chi connectivity index (χ1v) is 8.17. The lowest BCUT2D eigenvalue weighted by Crippen LogP contribution is -2.18. The van der Waals surface area contributed by atoms with Crippen LogP contribution in [0.15, 0.2) is 53.1 Å². The van der Waals surface area contributed by atoms with Gasteiger partial charge in [0, 0.05) is 17.3 Å². The van der Waals surface area contributed by atoms with Crippen molar-refractivity contribution >= 4 is 11.6 Å². The Morgan fingerprint density at radius 1 is 1.12 bits per heavy atom. The van der Waals surface area contributed by atoms with Crippen LogP contribution in [-0.4, -0.2) is 17.7 Å². The number of anilines is 1. The molecular formula is C20H19FN2O3. The minimum atomic E-state index is -0.313. The van der Waals surface area contributed by atoms with Gasteiger partial charge < -0.3 is 14.6 Å². The Morgan fingerprint density at radius 2 is 1.81 bits per heavy atom. The van der Waals surface area contributed by atoms with E-state index in [0.29, 0.717) is 11.5 Å². The van der Waals surface area contributed by atoms with Gasteiger partial charge in [-0.05, 0) is 61.4 Å². The molecule has 0 radical (unpaired) electrons. The number of rotatable bonds is 6. The summed E-state index contributed by atoms with van der Waals surface area (Å²) < 4.78 is 23.6. The van der Waals surface area contributed by atoms with Crippen molar-refractivity contribution in [3.8, 4) is 11.3 Å². The number of ether oxygens (including phenoxy) is 1. The van der Waals surface area contributed by atoms with Crippen molar-refractivity contribution in [2.24, 2.45) is 0 Å². The third kappa shape index (κ3) is 4.77. The Labute approximate surface area is 150 Å². The summed E-state index contributed by atoms with van der Waals surface area (Å²) in [4.78, 5) is 12.0. The molecule has 0 aliphatic rings. The minimum Gasteiger partial charge on any atom is -0.365 e. The Kier molecular flexibility index (Phi) is 5.43. The van der Waals surface area contributed by atoms with Crippen molar-refractivity contribution in [2.45, 2.75) is 20.5 Å². The van der Waals surface area contributed by atoms with E-state index in [9.17, 15) is 9.18 Å². The number of hydrogen-bond donors (Lipinski definition) is 1. The normalized spacial score (nSPS) is 10.7. The molecule has 134 valence electrons. The van der Waals surface area contributed by atoms with E-state index in [0.717, 1.165) is 22.4 Å². The van der Waals surface area contributed by atoms with E-state index in [1.54, 1.807) is 18.2 Å². The molecule has 0 bridgehead atoms. The van der Waals surface area contributed by atoms with E-state index in [1.807, 2.05) is 32.0 Å². The van der Waals surface area contributed by atoms with Crippen LogP contribution in [0.3, 0.4) is 0 Å². The standard InChI is InChI=1S/C20H19FN2O3/c1-13-7-14(2)9-17(8-13)22-20(24)12-25-11-18-10-19(26-23-18)15-3-5-16(21)6-4-15/h3-10H,11-12H2,1-2H3,(H,22,24). The van der Waals surface area contributed by atoms with Gasteiger partial charge in [-0.1, -0.05) is 11.2 Å². The Morgan fingerprint density at radius 3 is 2.50 bits per heavy atom. The smallest absolute Gasteiger partial charge is 0.250 e. The number of carbonyl (C=O) groups is 1. The van der Waals surface area contributed by atoms with E-state index in [2.05, 4.69) is 10.5 Å². The fraction of sp³-hybridized carbons (Fsp3) is 0.200. The zero-order valence-corrected chi connectivity index (χ0v) is 14.6. The quantitative estimate of drug-likeness (QED) is 0.719. The fourth-order valence-electron chi connectivity index (χ4n) is 2.62. The van der Waals surface area contributed by atoms with Gasteiger partial charge in [-0.3, -0.25) is 4.79 Å². The van der Waals surface area contributed by atoms with Crippen molar-refractivity contribution in [1.82, 2.24) is 5.16 Å². The number of benzene rings is 2. The summed E-state index contributed by atoms with van der Waals surface area (Å²) >= 11 is 0. The monoisotopic (exact) mass is 354 g/mol. The molecule has 6 heteroatoms. The molecule has 3 rings (SSSR count). The van der Waals surface area contributed by atoms with Crippen LogP contribution in [0.25, 0.3) is 11.3 Å². The van der Waals surface area contributed by atoms with E-state index < -0.39 is 0 Å². The lowest BCUT2D eigenvalue weighted by atomic mass is 10.1. The maximum absolute atomic E-state index is 12.9. The molecular weight excluding hydrogens is 335 g/mol. The summed E-state index contributed by atoms with van der Waals surface area (Å²) in [6.45, 7) is 4.00. The van der Waals surface area contributed by atoms with Crippen molar-refractivity contribution in [3.05, 3.63) is 71.2 Å². The zero-order valence-electron chi connectivity index (χ0n) is 14.6. The first kappa shape index (κ1) is 17.8. The van der Waals surface area contributed by atoms with E-state index >= 15 is 0 Å². The van der Waals surface area contributed by atoms with Crippen LogP contribution >= 0.6 is 0 Å². The number of carbonyl (C=O) groups excluding carboxylic acids is 1. The SMILES string of the molecule is Cc1cc(C)cc(NC(=O)COCc2cc(-c3ccc(F)cc3)on2)c1. The van der Waals surface area contributed by atoms with Gasteiger partial charge in [-0.25, -0.2) is 4.39 Å². The van der Waals surface area contributed by atoms with Crippen molar-refractivity contribution in [2.75, 3.05) is 11.9 Å². The summed E-state index contributed by atoms with van der Waals surface area (Å²) in [7, 11) is 0. The Bertz CT molecular complexity index is 883. The average molecular weight is 354 g/mol. The molecule has 0 atom stereocenters. The van der Waals surface area contributed by atoms with Crippen LogP contribution < -0.4 is 5.32 Å². The highest BCUT2D eigenvalue weighted by Crippen LogP contribution is 2.21. The summed E-state index contributed by atoms with van der Waals surface area (Å²) in [5, 5.41) is 6.70. The molecule has 1 amide bonds. The highest BCUT2D eigenvalue weighted by Gasteiger charge is 2.09. The maximum atomic E-state index is 12.9. The predicted molar refractivity (Wildman–Crippen MR) is 96.1 cm³/mol. The van der Waals surface area contributed by atoms with Gasteiger partial charge >= 0.3 is 0 Å². The summed E-state index contributed by atoms with van der Waals surface area (Å²) in [5.41, 5.74) is 4.19. The van der Waals surface area contributed by atoms with Crippen LogP contribution in [0, 0.1) is 19.7 Å². The van der Waals surface area contributed by atoms with Gasteiger partial charge in [0.2, 0.25) is 5.91 Å². The Balaban J connectivity index is 1.50. The largest absolute Gasteiger partial charge is 0.365 e. The molecule has 0 aliphatic heterocycles. The predicted octanol–water partition coefficient (Wildman–Crippen LogP) is 4.25. The van der Waals surface area contributed by atoms with Crippen LogP contribution in [0.1, 0.15) is 16.8 Å². The summed E-state index contributed by atoms with van der Waals surface area (Å²) in [5.74, 6) is -0.0350. The number of aryl methyl sites for hydroxylation is 2. The molecule has 3 aromatic rings. The second kappa shape index (κ2) is 7.93. The number of nitrogens with zero attached hydrogens (tertiary/aromatic N) is 1. The van der Waals surface area contributed by atoms with Gasteiger partial charge in [0.25, 0.3) is 0 Å².